The number of Topliss-reactive ketones (excluding diaryl/α,β-unsaturated/α-hetero) is 1. The van der Waals surface area contributed by atoms with Crippen molar-refractivity contribution in [3.63, 3.8) is 0 Å². The van der Waals surface area contributed by atoms with Crippen molar-refractivity contribution in [1.29, 1.82) is 0 Å². The summed E-state index contributed by atoms with van der Waals surface area (Å²) in [6, 6.07) is 12.5. The second-order valence-electron chi connectivity index (χ2n) is 7.34. The summed E-state index contributed by atoms with van der Waals surface area (Å²) in [7, 11) is 8.02. The normalized spacial score (nSPS) is 13.7. The van der Waals surface area contributed by atoms with Gasteiger partial charge in [-0.3, -0.25) is 4.79 Å². The molecule has 0 heterocycles. The van der Waals surface area contributed by atoms with Gasteiger partial charge in [0, 0.05) is 48.7 Å². The van der Waals surface area contributed by atoms with Gasteiger partial charge in [-0.2, -0.15) is 0 Å². The first kappa shape index (κ1) is 21.7. The molecule has 0 saturated heterocycles. The van der Waals surface area contributed by atoms with E-state index in [0.717, 1.165) is 22.9 Å². The quantitative estimate of drug-likeness (QED) is 0.262. The Morgan fingerprint density at radius 2 is 1.48 bits per heavy atom. The number of carbonyl (C=O) groups excluding carboxylic acids is 1. The SMILES string of the molecule is CN(C)c1ccc(Cc2ccc(N(C)C)cc2C(=O)C#C[C]2[CH][CH][CH][CH]2)c(I)c1. The van der Waals surface area contributed by atoms with Crippen molar-refractivity contribution in [1.82, 2.24) is 0 Å². The summed E-state index contributed by atoms with van der Waals surface area (Å²) < 4.78 is 1.19. The van der Waals surface area contributed by atoms with E-state index in [1.54, 1.807) is 0 Å². The molecule has 0 spiro atoms. The highest BCUT2D eigenvalue weighted by Crippen LogP contribution is 2.26. The van der Waals surface area contributed by atoms with Crippen LogP contribution in [-0.2, 0) is 6.42 Å². The molecule has 0 unspecified atom stereocenters. The number of carbonyl (C=O) groups is 1. The highest BCUT2D eigenvalue weighted by Gasteiger charge is 2.16. The molecule has 5 radical (unpaired) electrons. The van der Waals surface area contributed by atoms with Crippen molar-refractivity contribution in [2.75, 3.05) is 38.0 Å². The Morgan fingerprint density at radius 1 is 0.897 bits per heavy atom. The molecule has 0 bridgehead atoms. The first-order valence-electron chi connectivity index (χ1n) is 9.39. The van der Waals surface area contributed by atoms with Crippen LogP contribution < -0.4 is 9.80 Å². The van der Waals surface area contributed by atoms with Crippen LogP contribution in [0.3, 0.4) is 0 Å². The summed E-state index contributed by atoms with van der Waals surface area (Å²) in [5.41, 5.74) is 5.02. The predicted octanol–water partition coefficient (Wildman–Crippen LogP) is 4.61. The van der Waals surface area contributed by atoms with E-state index in [9.17, 15) is 4.79 Å². The zero-order valence-electron chi connectivity index (χ0n) is 17.2. The minimum absolute atomic E-state index is 0.148. The van der Waals surface area contributed by atoms with Crippen LogP contribution in [-0.4, -0.2) is 34.0 Å². The summed E-state index contributed by atoms with van der Waals surface area (Å²) >= 11 is 2.37. The molecule has 1 saturated carbocycles. The largest absolute Gasteiger partial charge is 0.378 e. The van der Waals surface area contributed by atoms with Gasteiger partial charge in [-0.1, -0.05) is 18.1 Å². The van der Waals surface area contributed by atoms with E-state index in [2.05, 4.69) is 63.6 Å². The van der Waals surface area contributed by atoms with Crippen molar-refractivity contribution in [3.05, 3.63) is 88.3 Å². The van der Waals surface area contributed by atoms with Crippen LogP contribution in [0.5, 0.6) is 0 Å². The molecule has 0 amide bonds. The van der Waals surface area contributed by atoms with Gasteiger partial charge in [0.25, 0.3) is 0 Å². The Hall–Kier alpha value is -2.00. The molecule has 0 aromatic heterocycles. The Labute approximate surface area is 188 Å². The molecule has 3 nitrogen and oxygen atoms in total. The molecule has 1 aliphatic rings. The second kappa shape index (κ2) is 9.67. The second-order valence-corrected chi connectivity index (χ2v) is 8.50. The minimum atomic E-state index is -0.148. The smallest absolute Gasteiger partial charge is 0.236 e. The summed E-state index contributed by atoms with van der Waals surface area (Å²) in [5, 5.41) is 0. The summed E-state index contributed by atoms with van der Waals surface area (Å²) in [4.78, 5) is 17.0. The molecule has 1 aliphatic carbocycles. The molecule has 1 fully saturated rings. The van der Waals surface area contributed by atoms with E-state index in [1.807, 2.05) is 70.9 Å². The number of benzene rings is 2. The van der Waals surface area contributed by atoms with E-state index in [1.165, 1.54) is 9.13 Å². The Morgan fingerprint density at radius 3 is 2.07 bits per heavy atom. The molecule has 4 heteroatoms. The fourth-order valence-electron chi connectivity index (χ4n) is 3.02. The fourth-order valence-corrected chi connectivity index (χ4v) is 3.71. The summed E-state index contributed by atoms with van der Waals surface area (Å²) in [6.45, 7) is 0. The van der Waals surface area contributed by atoms with Gasteiger partial charge in [0.05, 0.1) is 5.92 Å². The van der Waals surface area contributed by atoms with Gasteiger partial charge in [-0.05, 0) is 96.0 Å². The molecule has 0 atom stereocenters. The van der Waals surface area contributed by atoms with Gasteiger partial charge >= 0.3 is 0 Å². The minimum Gasteiger partial charge on any atom is -0.378 e. The Balaban J connectivity index is 1.92. The lowest BCUT2D eigenvalue weighted by Crippen LogP contribution is -2.12. The molecule has 0 N–H and O–H groups in total. The highest BCUT2D eigenvalue weighted by atomic mass is 127. The third-order valence-electron chi connectivity index (χ3n) is 4.77. The van der Waals surface area contributed by atoms with Gasteiger partial charge in [0.15, 0.2) is 0 Å². The lowest BCUT2D eigenvalue weighted by atomic mass is 9.96. The monoisotopic (exact) mass is 495 g/mol. The maximum atomic E-state index is 13.0. The van der Waals surface area contributed by atoms with Crippen LogP contribution in [0, 0.1) is 47.0 Å². The third kappa shape index (κ3) is 5.54. The van der Waals surface area contributed by atoms with Gasteiger partial charge in [-0.15, -0.1) is 0 Å². The highest BCUT2D eigenvalue weighted by molar-refractivity contribution is 14.1. The molecule has 29 heavy (non-hydrogen) atoms. The van der Waals surface area contributed by atoms with Crippen LogP contribution in [0.4, 0.5) is 11.4 Å². The van der Waals surface area contributed by atoms with Crippen LogP contribution in [0.15, 0.2) is 36.4 Å². The van der Waals surface area contributed by atoms with Crippen molar-refractivity contribution < 1.29 is 4.79 Å². The van der Waals surface area contributed by atoms with Gasteiger partial charge < -0.3 is 9.80 Å². The lowest BCUT2D eigenvalue weighted by molar-refractivity contribution is 0.105. The van der Waals surface area contributed by atoms with Crippen molar-refractivity contribution >= 4 is 39.7 Å². The average Bonchev–Trinajstić information content (AvgIpc) is 3.21. The third-order valence-corrected chi connectivity index (χ3v) is 5.78. The molecular weight excluding hydrogens is 471 g/mol. The molecule has 2 aromatic rings. The number of rotatable bonds is 5. The number of halogens is 1. The van der Waals surface area contributed by atoms with Crippen LogP contribution in [0.1, 0.15) is 21.5 Å². The molecule has 3 rings (SSSR count). The average molecular weight is 495 g/mol. The van der Waals surface area contributed by atoms with Gasteiger partial charge in [-0.25, -0.2) is 0 Å². The summed E-state index contributed by atoms with van der Waals surface area (Å²) in [5.74, 6) is 6.50. The molecule has 2 aromatic carbocycles. The van der Waals surface area contributed by atoms with Crippen LogP contribution >= 0.6 is 22.6 Å². The number of anilines is 2. The standard InChI is InChI=1S/C25H24IN2O/c1-27(2)21-12-10-19(15-20-11-13-22(28(3)4)17-24(20)26)23(16-21)25(29)14-9-18-7-5-6-8-18/h5-8,10-13,16-17H,15H2,1-4H3. The van der Waals surface area contributed by atoms with Crippen molar-refractivity contribution in [3.8, 4) is 11.8 Å². The number of hydrogen-bond acceptors (Lipinski definition) is 3. The fraction of sp³-hybridized carbons (Fsp3) is 0.200. The zero-order valence-corrected chi connectivity index (χ0v) is 19.3. The van der Waals surface area contributed by atoms with E-state index >= 15 is 0 Å². The van der Waals surface area contributed by atoms with E-state index < -0.39 is 0 Å². The topological polar surface area (TPSA) is 23.6 Å². The number of hydrogen-bond donors (Lipinski definition) is 0. The van der Waals surface area contributed by atoms with E-state index in [-0.39, 0.29) is 5.78 Å². The number of ketones is 1. The number of nitrogens with zero attached hydrogens (tertiary/aromatic N) is 2. The Bertz CT molecular complexity index is 947. The maximum Gasteiger partial charge on any atom is 0.236 e. The van der Waals surface area contributed by atoms with Crippen molar-refractivity contribution in [2.24, 2.45) is 0 Å². The lowest BCUT2D eigenvalue weighted by Gasteiger charge is -2.17. The molecule has 0 aliphatic heterocycles. The van der Waals surface area contributed by atoms with E-state index in [0.29, 0.717) is 12.0 Å². The van der Waals surface area contributed by atoms with Crippen molar-refractivity contribution in [2.45, 2.75) is 6.42 Å². The van der Waals surface area contributed by atoms with Gasteiger partial charge in [0.1, 0.15) is 0 Å². The van der Waals surface area contributed by atoms with E-state index in [4.69, 9.17) is 0 Å². The van der Waals surface area contributed by atoms with Gasteiger partial charge in [0.2, 0.25) is 5.78 Å². The Kier molecular flexibility index (Phi) is 7.23. The maximum absolute atomic E-state index is 13.0. The molecule has 147 valence electrons. The first-order valence-corrected chi connectivity index (χ1v) is 10.5. The van der Waals surface area contributed by atoms with Crippen LogP contribution in [0.2, 0.25) is 0 Å². The first-order chi connectivity index (χ1) is 13.8. The predicted molar refractivity (Wildman–Crippen MR) is 130 cm³/mol. The summed E-state index contributed by atoms with van der Waals surface area (Å²) in [6.07, 6.45) is 8.36. The molecular formula is C25H24IN2O. The van der Waals surface area contributed by atoms with Crippen LogP contribution in [0.25, 0.3) is 0 Å². The zero-order chi connectivity index (χ0) is 21.0.